The predicted octanol–water partition coefficient (Wildman–Crippen LogP) is 2.63. The van der Waals surface area contributed by atoms with Gasteiger partial charge in [-0.05, 0) is 12.1 Å². The van der Waals surface area contributed by atoms with Crippen LogP contribution in [-0.4, -0.2) is 19.7 Å². The number of halogens is 2. The van der Waals surface area contributed by atoms with Crippen LogP contribution in [0.4, 0.5) is 4.39 Å². The molecule has 15 heavy (non-hydrogen) atoms. The third-order valence-electron chi connectivity index (χ3n) is 1.73. The van der Waals surface area contributed by atoms with Gasteiger partial charge in [-0.15, -0.1) is 6.58 Å². The standard InChI is InChI=1S/C11H13ClFNO/c1-2-5-14-6-7-15-9-3-4-11(13)10(12)8-9/h2-4,8,14H,1,5-7H2. The van der Waals surface area contributed by atoms with Crippen LogP contribution >= 0.6 is 11.6 Å². The van der Waals surface area contributed by atoms with E-state index in [1.807, 2.05) is 0 Å². The summed E-state index contributed by atoms with van der Waals surface area (Å²) in [7, 11) is 0. The van der Waals surface area contributed by atoms with Crippen LogP contribution in [0.5, 0.6) is 5.75 Å². The Bertz CT molecular complexity index is 330. The molecule has 0 aromatic heterocycles. The van der Waals surface area contributed by atoms with E-state index < -0.39 is 5.82 Å². The highest BCUT2D eigenvalue weighted by molar-refractivity contribution is 6.30. The van der Waals surface area contributed by atoms with Gasteiger partial charge < -0.3 is 10.1 Å². The van der Waals surface area contributed by atoms with Crippen molar-refractivity contribution in [3.8, 4) is 5.75 Å². The average Bonchev–Trinajstić information content (AvgIpc) is 2.23. The van der Waals surface area contributed by atoms with Crippen molar-refractivity contribution in [2.24, 2.45) is 0 Å². The smallest absolute Gasteiger partial charge is 0.142 e. The van der Waals surface area contributed by atoms with Crippen LogP contribution in [0, 0.1) is 5.82 Å². The van der Waals surface area contributed by atoms with Crippen molar-refractivity contribution in [2.45, 2.75) is 0 Å². The summed E-state index contributed by atoms with van der Waals surface area (Å²) >= 11 is 5.59. The maximum atomic E-state index is 12.8. The first kappa shape index (κ1) is 12.0. The Kier molecular flexibility index (Phi) is 5.15. The van der Waals surface area contributed by atoms with E-state index >= 15 is 0 Å². The molecule has 1 N–H and O–H groups in total. The Hall–Kier alpha value is -1.06. The Labute approximate surface area is 93.7 Å². The molecule has 0 spiro atoms. The fourth-order valence-electron chi connectivity index (χ4n) is 1.01. The summed E-state index contributed by atoms with van der Waals surface area (Å²) in [5.74, 6) is 0.135. The number of rotatable bonds is 6. The highest BCUT2D eigenvalue weighted by atomic mass is 35.5. The van der Waals surface area contributed by atoms with Gasteiger partial charge >= 0.3 is 0 Å². The number of nitrogens with one attached hydrogen (secondary N) is 1. The van der Waals surface area contributed by atoms with E-state index in [4.69, 9.17) is 16.3 Å². The lowest BCUT2D eigenvalue weighted by Crippen LogP contribution is -2.20. The van der Waals surface area contributed by atoms with Crippen LogP contribution in [0.15, 0.2) is 30.9 Å². The lowest BCUT2D eigenvalue weighted by atomic mass is 10.3. The second-order valence-electron chi connectivity index (χ2n) is 2.92. The Balaban J connectivity index is 2.31. The third-order valence-corrected chi connectivity index (χ3v) is 2.02. The molecule has 0 amide bonds. The van der Waals surface area contributed by atoms with E-state index in [0.717, 1.165) is 6.54 Å². The lowest BCUT2D eigenvalue weighted by Gasteiger charge is -2.06. The van der Waals surface area contributed by atoms with Crippen molar-refractivity contribution >= 4 is 11.6 Å². The zero-order chi connectivity index (χ0) is 11.1. The first-order valence-electron chi connectivity index (χ1n) is 4.63. The summed E-state index contributed by atoms with van der Waals surface area (Å²) < 4.78 is 18.1. The first-order valence-corrected chi connectivity index (χ1v) is 5.01. The fourth-order valence-corrected chi connectivity index (χ4v) is 1.18. The second kappa shape index (κ2) is 6.43. The predicted molar refractivity (Wildman–Crippen MR) is 60.0 cm³/mol. The SMILES string of the molecule is C=CCNCCOc1ccc(F)c(Cl)c1. The van der Waals surface area contributed by atoms with E-state index in [1.165, 1.54) is 12.1 Å². The summed E-state index contributed by atoms with van der Waals surface area (Å²) in [6.07, 6.45) is 1.77. The number of benzene rings is 1. The summed E-state index contributed by atoms with van der Waals surface area (Å²) in [5.41, 5.74) is 0. The van der Waals surface area contributed by atoms with Gasteiger partial charge in [0.05, 0.1) is 5.02 Å². The van der Waals surface area contributed by atoms with Gasteiger partial charge in [-0.25, -0.2) is 4.39 Å². The molecule has 0 aliphatic carbocycles. The minimum Gasteiger partial charge on any atom is -0.492 e. The van der Waals surface area contributed by atoms with Crippen molar-refractivity contribution in [1.29, 1.82) is 0 Å². The molecule has 0 fully saturated rings. The molecule has 0 unspecified atom stereocenters. The zero-order valence-corrected chi connectivity index (χ0v) is 9.06. The van der Waals surface area contributed by atoms with Crippen LogP contribution in [0.2, 0.25) is 5.02 Å². The Morgan fingerprint density at radius 2 is 2.33 bits per heavy atom. The largest absolute Gasteiger partial charge is 0.492 e. The molecular weight excluding hydrogens is 217 g/mol. The highest BCUT2D eigenvalue weighted by Gasteiger charge is 2.00. The molecule has 0 radical (unpaired) electrons. The van der Waals surface area contributed by atoms with Gasteiger partial charge in [-0.1, -0.05) is 17.7 Å². The van der Waals surface area contributed by atoms with Gasteiger partial charge in [0.25, 0.3) is 0 Å². The van der Waals surface area contributed by atoms with Crippen LogP contribution < -0.4 is 10.1 Å². The molecule has 0 saturated heterocycles. The highest BCUT2D eigenvalue weighted by Crippen LogP contribution is 2.20. The van der Waals surface area contributed by atoms with E-state index in [2.05, 4.69) is 11.9 Å². The van der Waals surface area contributed by atoms with E-state index in [1.54, 1.807) is 12.1 Å². The topological polar surface area (TPSA) is 21.3 Å². The Morgan fingerprint density at radius 3 is 3.00 bits per heavy atom. The van der Waals surface area contributed by atoms with Gasteiger partial charge in [0.1, 0.15) is 18.2 Å². The molecule has 1 aromatic rings. The Morgan fingerprint density at radius 1 is 1.53 bits per heavy atom. The molecule has 0 aliphatic heterocycles. The lowest BCUT2D eigenvalue weighted by molar-refractivity contribution is 0.316. The molecular formula is C11H13ClFNO. The number of hydrogen-bond acceptors (Lipinski definition) is 2. The van der Waals surface area contributed by atoms with Crippen LogP contribution in [0.1, 0.15) is 0 Å². The third kappa shape index (κ3) is 4.32. The van der Waals surface area contributed by atoms with Crippen molar-refractivity contribution in [1.82, 2.24) is 5.32 Å². The van der Waals surface area contributed by atoms with E-state index in [9.17, 15) is 4.39 Å². The van der Waals surface area contributed by atoms with Crippen molar-refractivity contribution in [2.75, 3.05) is 19.7 Å². The molecule has 2 nitrogen and oxygen atoms in total. The summed E-state index contributed by atoms with van der Waals surface area (Å²) in [6, 6.07) is 4.30. The van der Waals surface area contributed by atoms with Gasteiger partial charge in [-0.2, -0.15) is 0 Å². The average molecular weight is 230 g/mol. The fraction of sp³-hybridized carbons (Fsp3) is 0.273. The molecule has 0 saturated carbocycles. The second-order valence-corrected chi connectivity index (χ2v) is 3.32. The van der Waals surface area contributed by atoms with Crippen molar-refractivity contribution in [3.05, 3.63) is 41.7 Å². The molecule has 0 heterocycles. The molecule has 1 aromatic carbocycles. The monoisotopic (exact) mass is 229 g/mol. The zero-order valence-electron chi connectivity index (χ0n) is 8.30. The maximum absolute atomic E-state index is 12.8. The maximum Gasteiger partial charge on any atom is 0.142 e. The van der Waals surface area contributed by atoms with Crippen LogP contribution in [0.25, 0.3) is 0 Å². The van der Waals surface area contributed by atoms with Crippen LogP contribution in [0.3, 0.4) is 0 Å². The summed E-state index contributed by atoms with van der Waals surface area (Å²) in [5, 5.41) is 3.16. The minimum atomic E-state index is -0.436. The molecule has 0 bridgehead atoms. The van der Waals surface area contributed by atoms with Gasteiger partial charge in [0, 0.05) is 19.2 Å². The van der Waals surface area contributed by atoms with Crippen LogP contribution in [-0.2, 0) is 0 Å². The number of ether oxygens (including phenoxy) is 1. The minimum absolute atomic E-state index is 0.0755. The molecule has 1 rings (SSSR count). The van der Waals surface area contributed by atoms with Gasteiger partial charge in [0.15, 0.2) is 0 Å². The van der Waals surface area contributed by atoms with E-state index in [0.29, 0.717) is 18.9 Å². The van der Waals surface area contributed by atoms with E-state index in [-0.39, 0.29) is 5.02 Å². The molecule has 0 atom stereocenters. The normalized spacial score (nSPS) is 10.0. The molecule has 4 heteroatoms. The van der Waals surface area contributed by atoms with Crippen molar-refractivity contribution in [3.63, 3.8) is 0 Å². The van der Waals surface area contributed by atoms with Crippen molar-refractivity contribution < 1.29 is 9.13 Å². The summed E-state index contributed by atoms with van der Waals surface area (Å²) in [6.45, 7) is 5.54. The number of hydrogen-bond donors (Lipinski definition) is 1. The summed E-state index contributed by atoms with van der Waals surface area (Å²) in [4.78, 5) is 0. The molecule has 82 valence electrons. The van der Waals surface area contributed by atoms with Gasteiger partial charge in [-0.3, -0.25) is 0 Å². The van der Waals surface area contributed by atoms with Gasteiger partial charge in [0.2, 0.25) is 0 Å². The quantitative estimate of drug-likeness (QED) is 0.598. The first-order chi connectivity index (χ1) is 7.24. The molecule has 0 aliphatic rings.